The number of ether oxygens (including phenoxy) is 1. The van der Waals surface area contributed by atoms with E-state index in [4.69, 9.17) is 4.74 Å². The Hall–Kier alpha value is -1.11. The van der Waals surface area contributed by atoms with Crippen LogP contribution in [0.3, 0.4) is 0 Å². The Kier molecular flexibility index (Phi) is 6.06. The second-order valence-corrected chi connectivity index (χ2v) is 11.6. The zero-order valence-corrected chi connectivity index (χ0v) is 18.9. The van der Waals surface area contributed by atoms with Gasteiger partial charge < -0.3 is 10.1 Å². The first kappa shape index (κ1) is 22.2. The van der Waals surface area contributed by atoms with E-state index in [1.165, 1.54) is 0 Å². The molecule has 0 amide bonds. The largest absolute Gasteiger partial charge is 0.492 e. The van der Waals surface area contributed by atoms with Crippen molar-refractivity contribution in [3.05, 3.63) is 23.8 Å². The fourth-order valence-corrected chi connectivity index (χ4v) is 5.55. The maximum Gasteiger partial charge on any atom is 0.244 e. The van der Waals surface area contributed by atoms with Crippen molar-refractivity contribution in [2.75, 3.05) is 6.61 Å². The predicted octanol–water partition coefficient (Wildman–Crippen LogP) is 3.97. The van der Waals surface area contributed by atoms with Gasteiger partial charge in [-0.1, -0.05) is 26.8 Å². The molecule has 1 aliphatic heterocycles. The van der Waals surface area contributed by atoms with E-state index in [9.17, 15) is 8.42 Å². The molecule has 1 aromatic carbocycles. The van der Waals surface area contributed by atoms with Crippen LogP contribution < -0.4 is 14.8 Å². The van der Waals surface area contributed by atoms with E-state index in [1.807, 2.05) is 13.0 Å². The Bertz CT molecular complexity index is 761. The van der Waals surface area contributed by atoms with Crippen LogP contribution in [0, 0.1) is 0 Å². The molecule has 1 aliphatic rings. The number of sulfonamides is 1. The van der Waals surface area contributed by atoms with Gasteiger partial charge >= 0.3 is 0 Å². The van der Waals surface area contributed by atoms with Crippen molar-refractivity contribution in [2.24, 2.45) is 0 Å². The van der Waals surface area contributed by atoms with Crippen LogP contribution in [0.5, 0.6) is 5.75 Å². The maximum atomic E-state index is 13.3. The summed E-state index contributed by atoms with van der Waals surface area (Å²) in [6, 6.07) is 5.34. The van der Waals surface area contributed by atoms with Crippen molar-refractivity contribution in [1.82, 2.24) is 10.0 Å². The molecule has 0 radical (unpaired) electrons. The minimum absolute atomic E-state index is 0.131. The van der Waals surface area contributed by atoms with Crippen molar-refractivity contribution in [2.45, 2.75) is 95.7 Å². The molecule has 0 atom stereocenters. The average molecular weight is 397 g/mol. The molecule has 0 saturated carbocycles. The molecule has 1 saturated heterocycles. The van der Waals surface area contributed by atoms with Gasteiger partial charge in [0.15, 0.2) is 0 Å². The van der Waals surface area contributed by atoms with Crippen molar-refractivity contribution < 1.29 is 13.2 Å². The Morgan fingerprint density at radius 2 is 1.70 bits per heavy atom. The number of benzene rings is 1. The lowest BCUT2D eigenvalue weighted by Gasteiger charge is -2.46. The molecule has 6 heteroatoms. The lowest BCUT2D eigenvalue weighted by molar-refractivity contribution is 0.157. The van der Waals surface area contributed by atoms with Gasteiger partial charge in [0.2, 0.25) is 10.0 Å². The molecule has 27 heavy (non-hydrogen) atoms. The smallest absolute Gasteiger partial charge is 0.244 e. The van der Waals surface area contributed by atoms with Crippen LogP contribution in [-0.4, -0.2) is 32.1 Å². The highest BCUT2D eigenvalue weighted by molar-refractivity contribution is 7.89. The SMILES string of the molecule is CCOc1ccc(C(C)(C)C)cc1S(=O)(=O)NC1CC(C)(C)NC(C)(C)C1. The maximum absolute atomic E-state index is 13.3. The van der Waals surface area contributed by atoms with Crippen LogP contribution in [0.2, 0.25) is 0 Å². The standard InChI is InChI=1S/C21H36N2O3S/c1-9-26-17-11-10-15(19(2,3)4)12-18(17)27(24,25)22-16-13-20(5,6)23-21(7,8)14-16/h10-12,16,22-23H,9,13-14H2,1-8H3. The first-order chi connectivity index (χ1) is 12.2. The van der Waals surface area contributed by atoms with Crippen molar-refractivity contribution in [3.63, 3.8) is 0 Å². The topological polar surface area (TPSA) is 67.4 Å². The quantitative estimate of drug-likeness (QED) is 0.790. The summed E-state index contributed by atoms with van der Waals surface area (Å²) in [6.45, 7) is 17.0. The van der Waals surface area contributed by atoms with Gasteiger partial charge in [-0.3, -0.25) is 0 Å². The summed E-state index contributed by atoms with van der Waals surface area (Å²) in [4.78, 5) is 0.228. The molecule has 0 unspecified atom stereocenters. The minimum Gasteiger partial charge on any atom is -0.492 e. The zero-order valence-electron chi connectivity index (χ0n) is 18.1. The van der Waals surface area contributed by atoms with E-state index in [2.05, 4.69) is 58.5 Å². The number of nitrogens with one attached hydrogen (secondary N) is 2. The molecule has 5 nitrogen and oxygen atoms in total. The molecular weight excluding hydrogens is 360 g/mol. The third-order valence-corrected chi connectivity index (χ3v) is 6.45. The van der Waals surface area contributed by atoms with Gasteiger partial charge in [-0.05, 0) is 70.6 Å². The summed E-state index contributed by atoms with van der Waals surface area (Å²) in [5, 5.41) is 3.59. The van der Waals surface area contributed by atoms with Gasteiger partial charge in [-0.25, -0.2) is 13.1 Å². The minimum atomic E-state index is -3.70. The Balaban J connectivity index is 2.40. The molecule has 0 spiro atoms. The molecular formula is C21H36N2O3S. The number of piperidine rings is 1. The fraction of sp³-hybridized carbons (Fsp3) is 0.714. The van der Waals surface area contributed by atoms with Gasteiger partial charge in [-0.2, -0.15) is 0 Å². The Labute approximate surface area is 165 Å². The molecule has 1 aromatic rings. The van der Waals surface area contributed by atoms with Gasteiger partial charge in [0.05, 0.1) is 6.61 Å². The third kappa shape index (κ3) is 5.69. The van der Waals surface area contributed by atoms with E-state index < -0.39 is 10.0 Å². The zero-order chi connectivity index (χ0) is 20.7. The fourth-order valence-electron chi connectivity index (χ4n) is 4.15. The highest BCUT2D eigenvalue weighted by Crippen LogP contribution is 2.33. The van der Waals surface area contributed by atoms with Crippen molar-refractivity contribution in [3.8, 4) is 5.75 Å². The van der Waals surface area contributed by atoms with Crippen LogP contribution in [-0.2, 0) is 15.4 Å². The normalized spacial score (nSPS) is 20.4. The molecule has 0 aliphatic carbocycles. The van der Waals surface area contributed by atoms with Gasteiger partial charge in [-0.15, -0.1) is 0 Å². The Morgan fingerprint density at radius 3 is 2.19 bits per heavy atom. The van der Waals surface area contributed by atoms with E-state index in [0.717, 1.165) is 18.4 Å². The first-order valence-corrected chi connectivity index (χ1v) is 11.2. The van der Waals surface area contributed by atoms with Crippen LogP contribution in [0.15, 0.2) is 23.1 Å². The van der Waals surface area contributed by atoms with Crippen molar-refractivity contribution >= 4 is 10.0 Å². The van der Waals surface area contributed by atoms with Gasteiger partial charge in [0.1, 0.15) is 10.6 Å². The number of hydrogen-bond acceptors (Lipinski definition) is 4. The van der Waals surface area contributed by atoms with E-state index in [1.54, 1.807) is 12.1 Å². The molecule has 0 bridgehead atoms. The molecule has 2 N–H and O–H groups in total. The summed E-state index contributed by atoms with van der Waals surface area (Å²) < 4.78 is 35.2. The molecule has 1 fully saturated rings. The second-order valence-electron chi connectivity index (χ2n) is 9.96. The molecule has 154 valence electrons. The lowest BCUT2D eigenvalue weighted by Crippen LogP contribution is -2.62. The number of hydrogen-bond donors (Lipinski definition) is 2. The van der Waals surface area contributed by atoms with Crippen molar-refractivity contribution in [1.29, 1.82) is 0 Å². The third-order valence-electron chi connectivity index (χ3n) is 4.91. The molecule has 1 heterocycles. The first-order valence-electron chi connectivity index (χ1n) is 9.74. The summed E-state index contributed by atoms with van der Waals surface area (Å²) in [5.74, 6) is 0.408. The lowest BCUT2D eigenvalue weighted by atomic mass is 9.80. The highest BCUT2D eigenvalue weighted by Gasteiger charge is 2.39. The summed E-state index contributed by atoms with van der Waals surface area (Å²) in [7, 11) is -3.70. The van der Waals surface area contributed by atoms with Crippen LogP contribution >= 0.6 is 0 Å². The van der Waals surface area contributed by atoms with Crippen LogP contribution in [0.25, 0.3) is 0 Å². The summed E-state index contributed by atoms with van der Waals surface area (Å²) in [5.41, 5.74) is 0.557. The van der Waals surface area contributed by atoms with E-state index in [-0.39, 0.29) is 27.4 Å². The Morgan fingerprint density at radius 1 is 1.15 bits per heavy atom. The molecule has 0 aromatic heterocycles. The van der Waals surface area contributed by atoms with Crippen LogP contribution in [0.4, 0.5) is 0 Å². The highest BCUT2D eigenvalue weighted by atomic mass is 32.2. The van der Waals surface area contributed by atoms with E-state index in [0.29, 0.717) is 12.4 Å². The van der Waals surface area contributed by atoms with E-state index >= 15 is 0 Å². The molecule has 2 rings (SSSR count). The summed E-state index contributed by atoms with van der Waals surface area (Å²) >= 11 is 0. The van der Waals surface area contributed by atoms with Crippen LogP contribution in [0.1, 0.15) is 73.8 Å². The average Bonchev–Trinajstić information content (AvgIpc) is 2.42. The second kappa shape index (κ2) is 7.37. The summed E-state index contributed by atoms with van der Waals surface area (Å²) in [6.07, 6.45) is 1.47. The van der Waals surface area contributed by atoms with Gasteiger partial charge in [0.25, 0.3) is 0 Å². The predicted molar refractivity (Wildman–Crippen MR) is 111 cm³/mol. The monoisotopic (exact) mass is 396 g/mol. The number of rotatable bonds is 5. The van der Waals surface area contributed by atoms with Gasteiger partial charge in [0, 0.05) is 17.1 Å².